The molecule has 0 aliphatic carbocycles. The van der Waals surface area contributed by atoms with Crippen LogP contribution in [0.15, 0.2) is 24.3 Å². The van der Waals surface area contributed by atoms with Crippen molar-refractivity contribution in [3.63, 3.8) is 0 Å². The van der Waals surface area contributed by atoms with Crippen LogP contribution in [-0.2, 0) is 14.8 Å². The number of nitrogens with one attached hydrogen (secondary N) is 1. The molecule has 8 heteroatoms. The highest BCUT2D eigenvalue weighted by Gasteiger charge is 2.26. The second-order valence-corrected chi connectivity index (χ2v) is 10.2. The van der Waals surface area contributed by atoms with E-state index in [1.165, 1.54) is 16.4 Å². The fourth-order valence-corrected chi connectivity index (χ4v) is 4.52. The molecule has 1 aliphatic heterocycles. The maximum Gasteiger partial charge on any atom is 0.220 e. The summed E-state index contributed by atoms with van der Waals surface area (Å²) >= 11 is 0. The summed E-state index contributed by atoms with van der Waals surface area (Å²) in [6.07, 6.45) is 0.821. The first kappa shape index (κ1) is 21.6. The molecule has 2 rings (SSSR count). The number of hydrogen-bond donors (Lipinski definition) is 1. The predicted molar refractivity (Wildman–Crippen MR) is 106 cm³/mol. The van der Waals surface area contributed by atoms with Gasteiger partial charge in [-0.3, -0.25) is 4.79 Å². The zero-order valence-electron chi connectivity index (χ0n) is 16.4. The fourth-order valence-electron chi connectivity index (χ4n) is 3.03. The molecule has 0 atom stereocenters. The lowest BCUT2D eigenvalue weighted by atomic mass is 9.92. The third-order valence-corrected chi connectivity index (χ3v) is 6.37. The van der Waals surface area contributed by atoms with Crippen molar-refractivity contribution in [2.45, 2.75) is 33.6 Å². The van der Waals surface area contributed by atoms with Crippen molar-refractivity contribution in [2.75, 3.05) is 43.4 Å². The number of carbonyl (C=O) groups is 1. The Morgan fingerprint density at radius 3 is 2.26 bits per heavy atom. The molecule has 0 radical (unpaired) electrons. The van der Waals surface area contributed by atoms with Crippen molar-refractivity contribution in [2.24, 2.45) is 5.41 Å². The van der Waals surface area contributed by atoms with Crippen LogP contribution in [-0.4, -0.2) is 57.1 Å². The van der Waals surface area contributed by atoms with Crippen molar-refractivity contribution in [3.05, 3.63) is 30.1 Å². The zero-order valence-corrected chi connectivity index (χ0v) is 17.2. The van der Waals surface area contributed by atoms with Gasteiger partial charge in [0.15, 0.2) is 0 Å². The Labute approximate surface area is 161 Å². The lowest BCUT2D eigenvalue weighted by Gasteiger charge is -2.35. The van der Waals surface area contributed by atoms with Gasteiger partial charge in [-0.25, -0.2) is 12.8 Å². The van der Waals surface area contributed by atoms with Gasteiger partial charge in [-0.05, 0) is 36.1 Å². The van der Waals surface area contributed by atoms with E-state index in [0.717, 1.165) is 5.69 Å². The van der Waals surface area contributed by atoms with Crippen molar-refractivity contribution in [3.8, 4) is 0 Å². The standard InChI is InChI=1S/C19H30FN3O3S/c1-19(2,3)15-18(24)21-9-4-14-27(25,26)23-12-10-22(11-13-23)17-7-5-16(20)6-8-17/h5-8H,4,9-15H2,1-3H3,(H,21,24). The molecule has 1 amide bonds. The molecule has 1 aliphatic rings. The highest BCUT2D eigenvalue weighted by molar-refractivity contribution is 7.89. The van der Waals surface area contributed by atoms with E-state index in [9.17, 15) is 17.6 Å². The number of halogens is 1. The second kappa shape index (κ2) is 9.01. The fraction of sp³-hybridized carbons (Fsp3) is 0.632. The van der Waals surface area contributed by atoms with Crippen molar-refractivity contribution in [1.29, 1.82) is 0 Å². The molecule has 1 N–H and O–H groups in total. The molecule has 0 bridgehead atoms. The number of piperazine rings is 1. The van der Waals surface area contributed by atoms with Crippen molar-refractivity contribution >= 4 is 21.6 Å². The third-order valence-electron chi connectivity index (χ3n) is 4.42. The van der Waals surface area contributed by atoms with Crippen LogP contribution in [0.5, 0.6) is 0 Å². The molecule has 1 saturated heterocycles. The normalized spacial score (nSPS) is 16.4. The van der Waals surface area contributed by atoms with Crippen LogP contribution in [0, 0.1) is 11.2 Å². The first-order chi connectivity index (χ1) is 12.6. The van der Waals surface area contributed by atoms with Crippen LogP contribution in [0.3, 0.4) is 0 Å². The number of amides is 1. The van der Waals surface area contributed by atoms with E-state index in [0.29, 0.717) is 45.6 Å². The van der Waals surface area contributed by atoms with Gasteiger partial charge in [0.05, 0.1) is 5.75 Å². The second-order valence-electron chi connectivity index (χ2n) is 8.12. The number of rotatable bonds is 7. The van der Waals surface area contributed by atoms with Crippen LogP contribution in [0.2, 0.25) is 0 Å². The van der Waals surface area contributed by atoms with Gasteiger partial charge in [-0.1, -0.05) is 20.8 Å². The zero-order chi connectivity index (χ0) is 20.1. The molecule has 0 saturated carbocycles. The molecule has 0 unspecified atom stereocenters. The number of carbonyl (C=O) groups excluding carboxylic acids is 1. The minimum Gasteiger partial charge on any atom is -0.369 e. The van der Waals surface area contributed by atoms with Crippen molar-refractivity contribution in [1.82, 2.24) is 9.62 Å². The van der Waals surface area contributed by atoms with E-state index in [4.69, 9.17) is 0 Å². The number of anilines is 1. The largest absolute Gasteiger partial charge is 0.369 e. The summed E-state index contributed by atoms with van der Waals surface area (Å²) in [5.74, 6) is -0.304. The summed E-state index contributed by atoms with van der Waals surface area (Å²) in [7, 11) is -3.33. The first-order valence-corrected chi connectivity index (χ1v) is 10.9. The summed E-state index contributed by atoms with van der Waals surface area (Å²) in [5, 5.41) is 2.79. The molecule has 1 fully saturated rings. The van der Waals surface area contributed by atoms with E-state index in [1.54, 1.807) is 12.1 Å². The van der Waals surface area contributed by atoms with E-state index in [-0.39, 0.29) is 22.9 Å². The lowest BCUT2D eigenvalue weighted by molar-refractivity contribution is -0.122. The summed E-state index contributed by atoms with van der Waals surface area (Å²) in [4.78, 5) is 13.8. The summed E-state index contributed by atoms with van der Waals surface area (Å²) in [6.45, 7) is 8.31. The Hall–Kier alpha value is -1.67. The Morgan fingerprint density at radius 1 is 1.11 bits per heavy atom. The SMILES string of the molecule is CC(C)(C)CC(=O)NCCCS(=O)(=O)N1CCN(c2ccc(F)cc2)CC1. The predicted octanol–water partition coefficient (Wildman–Crippen LogP) is 2.22. The monoisotopic (exact) mass is 399 g/mol. The number of benzene rings is 1. The average Bonchev–Trinajstić information content (AvgIpc) is 2.58. The molecular weight excluding hydrogens is 369 g/mol. The molecule has 1 aromatic carbocycles. The topological polar surface area (TPSA) is 69.7 Å². The molecule has 27 heavy (non-hydrogen) atoms. The molecular formula is C19H30FN3O3S. The van der Waals surface area contributed by atoms with E-state index in [2.05, 4.69) is 10.2 Å². The van der Waals surface area contributed by atoms with Gasteiger partial charge in [0.2, 0.25) is 15.9 Å². The average molecular weight is 400 g/mol. The van der Waals surface area contributed by atoms with Crippen LogP contribution < -0.4 is 10.2 Å². The van der Waals surface area contributed by atoms with Gasteiger partial charge in [0, 0.05) is 44.8 Å². The molecule has 6 nitrogen and oxygen atoms in total. The minimum atomic E-state index is -3.33. The molecule has 0 aromatic heterocycles. The molecule has 152 valence electrons. The Bertz CT molecular complexity index is 722. The maximum absolute atomic E-state index is 13.0. The minimum absolute atomic E-state index is 0.0271. The third kappa shape index (κ3) is 7.10. The van der Waals surface area contributed by atoms with Crippen LogP contribution in [0.25, 0.3) is 0 Å². The van der Waals surface area contributed by atoms with Gasteiger partial charge < -0.3 is 10.2 Å². The quantitative estimate of drug-likeness (QED) is 0.714. The molecule has 1 aromatic rings. The Kier molecular flexibility index (Phi) is 7.22. The van der Waals surface area contributed by atoms with Gasteiger partial charge in [0.25, 0.3) is 0 Å². The number of nitrogens with zero attached hydrogens (tertiary/aromatic N) is 2. The van der Waals surface area contributed by atoms with Gasteiger partial charge in [-0.2, -0.15) is 4.31 Å². The first-order valence-electron chi connectivity index (χ1n) is 9.32. The van der Waals surface area contributed by atoms with Crippen LogP contribution in [0.1, 0.15) is 33.6 Å². The lowest BCUT2D eigenvalue weighted by Crippen LogP contribution is -2.49. The molecule has 0 spiro atoms. The van der Waals surface area contributed by atoms with Crippen LogP contribution >= 0.6 is 0 Å². The van der Waals surface area contributed by atoms with E-state index in [1.807, 2.05) is 20.8 Å². The Balaban J connectivity index is 1.74. The molecule has 1 heterocycles. The highest BCUT2D eigenvalue weighted by atomic mass is 32.2. The number of sulfonamides is 1. The summed E-state index contributed by atoms with van der Waals surface area (Å²) < 4.78 is 39.5. The maximum atomic E-state index is 13.0. The summed E-state index contributed by atoms with van der Waals surface area (Å²) in [6, 6.07) is 6.23. The van der Waals surface area contributed by atoms with Gasteiger partial charge >= 0.3 is 0 Å². The van der Waals surface area contributed by atoms with Crippen molar-refractivity contribution < 1.29 is 17.6 Å². The van der Waals surface area contributed by atoms with Gasteiger partial charge in [-0.15, -0.1) is 0 Å². The smallest absolute Gasteiger partial charge is 0.220 e. The van der Waals surface area contributed by atoms with Crippen LogP contribution in [0.4, 0.5) is 10.1 Å². The van der Waals surface area contributed by atoms with Gasteiger partial charge in [0.1, 0.15) is 5.82 Å². The Morgan fingerprint density at radius 2 is 1.70 bits per heavy atom. The van der Waals surface area contributed by atoms with E-state index >= 15 is 0 Å². The number of hydrogen-bond acceptors (Lipinski definition) is 4. The van der Waals surface area contributed by atoms with E-state index < -0.39 is 10.0 Å². The summed E-state index contributed by atoms with van der Waals surface area (Å²) in [5.41, 5.74) is 0.815. The highest BCUT2D eigenvalue weighted by Crippen LogP contribution is 2.19.